The maximum atomic E-state index is 12.2. The third kappa shape index (κ3) is 5.28. The van der Waals surface area contributed by atoms with E-state index < -0.39 is 0 Å². The van der Waals surface area contributed by atoms with Crippen LogP contribution in [0.15, 0.2) is 66.7 Å². The second-order valence-electron chi connectivity index (χ2n) is 8.98. The summed E-state index contributed by atoms with van der Waals surface area (Å²) in [6, 6.07) is 20.5. The van der Waals surface area contributed by atoms with Crippen molar-refractivity contribution in [1.82, 2.24) is 14.9 Å². The molecule has 4 heteroatoms. The lowest BCUT2D eigenvalue weighted by Crippen LogP contribution is -2.22. The van der Waals surface area contributed by atoms with E-state index in [-0.39, 0.29) is 5.91 Å². The van der Waals surface area contributed by atoms with Crippen LogP contribution in [0.25, 0.3) is 17.1 Å². The van der Waals surface area contributed by atoms with Crippen molar-refractivity contribution >= 4 is 23.0 Å². The van der Waals surface area contributed by atoms with Crippen molar-refractivity contribution in [2.75, 3.05) is 6.54 Å². The third-order valence-electron chi connectivity index (χ3n) is 6.67. The summed E-state index contributed by atoms with van der Waals surface area (Å²) in [4.78, 5) is 17.1. The molecule has 4 rings (SSSR count). The number of carbonyl (C=O) groups is 1. The molecular weight excluding hydrogens is 418 g/mol. The van der Waals surface area contributed by atoms with E-state index in [0.717, 1.165) is 41.8 Å². The second kappa shape index (κ2) is 10.5. The first-order valence-corrected chi connectivity index (χ1v) is 12.0. The van der Waals surface area contributed by atoms with E-state index >= 15 is 0 Å². The molecule has 0 fully saturated rings. The zero-order valence-electron chi connectivity index (χ0n) is 20.6. The molecule has 1 amide bonds. The fourth-order valence-corrected chi connectivity index (χ4v) is 4.44. The number of aromatic nitrogens is 2. The van der Waals surface area contributed by atoms with Gasteiger partial charge in [0.1, 0.15) is 5.82 Å². The summed E-state index contributed by atoms with van der Waals surface area (Å²) in [5.74, 6) is 0.993. The third-order valence-corrected chi connectivity index (χ3v) is 6.67. The lowest BCUT2D eigenvalue weighted by atomic mass is 9.94. The van der Waals surface area contributed by atoms with Crippen LogP contribution < -0.4 is 5.32 Å². The Bertz CT molecular complexity index is 1310. The minimum atomic E-state index is -0.0705. The molecule has 0 atom stereocenters. The quantitative estimate of drug-likeness (QED) is 0.261. The Hall–Kier alpha value is -3.66. The maximum Gasteiger partial charge on any atom is 0.243 e. The van der Waals surface area contributed by atoms with Crippen LogP contribution in [-0.2, 0) is 17.8 Å². The predicted molar refractivity (Wildman–Crippen MR) is 141 cm³/mol. The number of benzene rings is 3. The summed E-state index contributed by atoms with van der Waals surface area (Å²) in [6.45, 7) is 10.2. The van der Waals surface area contributed by atoms with Crippen molar-refractivity contribution in [3.05, 3.63) is 106 Å². The fraction of sp³-hybridized carbons (Fsp3) is 0.267. The highest BCUT2D eigenvalue weighted by molar-refractivity contribution is 5.91. The number of carbonyl (C=O) groups excluding carboxylic acids is 1. The number of amides is 1. The number of fused-ring (bicyclic) bond motifs is 1. The standard InChI is InChI=1S/C30H33N3O/c1-21-19-22(2)24(4)26(23(21)3)20-33-28-14-9-8-13-27(28)32-29(33)15-10-18-31-30(34)17-16-25-11-6-5-7-12-25/h5-9,11-14,16-17,19H,10,15,18,20H2,1-4H3,(H,31,34)/b17-16+. The van der Waals surface area contributed by atoms with Crippen molar-refractivity contribution in [3.8, 4) is 0 Å². The second-order valence-corrected chi connectivity index (χ2v) is 8.98. The molecular formula is C30H33N3O. The number of nitrogens with zero attached hydrogens (tertiary/aromatic N) is 2. The van der Waals surface area contributed by atoms with Gasteiger partial charge < -0.3 is 9.88 Å². The molecule has 0 saturated heterocycles. The average molecular weight is 452 g/mol. The molecule has 1 N–H and O–H groups in total. The smallest absolute Gasteiger partial charge is 0.243 e. The van der Waals surface area contributed by atoms with Gasteiger partial charge in [0.2, 0.25) is 5.91 Å². The molecule has 4 nitrogen and oxygen atoms in total. The molecule has 174 valence electrons. The molecule has 0 aliphatic heterocycles. The Labute approximate surface area is 202 Å². The van der Waals surface area contributed by atoms with Gasteiger partial charge in [-0.1, -0.05) is 48.5 Å². The highest BCUT2D eigenvalue weighted by atomic mass is 16.1. The van der Waals surface area contributed by atoms with E-state index in [9.17, 15) is 4.79 Å². The van der Waals surface area contributed by atoms with Gasteiger partial charge in [-0.15, -0.1) is 0 Å². The first kappa shape index (κ1) is 23.5. The zero-order chi connectivity index (χ0) is 24.1. The largest absolute Gasteiger partial charge is 0.353 e. The zero-order valence-corrected chi connectivity index (χ0v) is 20.6. The minimum Gasteiger partial charge on any atom is -0.353 e. The molecule has 34 heavy (non-hydrogen) atoms. The van der Waals surface area contributed by atoms with Gasteiger partial charge >= 0.3 is 0 Å². The van der Waals surface area contributed by atoms with Crippen molar-refractivity contribution in [3.63, 3.8) is 0 Å². The van der Waals surface area contributed by atoms with Crippen molar-refractivity contribution in [2.24, 2.45) is 0 Å². The molecule has 0 unspecified atom stereocenters. The highest BCUT2D eigenvalue weighted by Gasteiger charge is 2.15. The maximum absolute atomic E-state index is 12.2. The molecule has 0 aliphatic rings. The van der Waals surface area contributed by atoms with Crippen LogP contribution in [0, 0.1) is 27.7 Å². The number of hydrogen-bond acceptors (Lipinski definition) is 2. The van der Waals surface area contributed by atoms with E-state index in [1.165, 1.54) is 27.8 Å². The van der Waals surface area contributed by atoms with Gasteiger partial charge in [0.05, 0.1) is 11.0 Å². The van der Waals surface area contributed by atoms with E-state index in [1.54, 1.807) is 6.08 Å². The molecule has 0 radical (unpaired) electrons. The SMILES string of the molecule is Cc1cc(C)c(C)c(Cn2c(CCCNC(=O)/C=C/c3ccccc3)nc3ccccc32)c1C. The number of rotatable bonds is 8. The number of para-hydroxylation sites is 2. The number of imidazole rings is 1. The van der Waals surface area contributed by atoms with Gasteiger partial charge in [0, 0.05) is 25.6 Å². The summed E-state index contributed by atoms with van der Waals surface area (Å²) in [5.41, 5.74) is 9.93. The van der Waals surface area contributed by atoms with Gasteiger partial charge in [-0.2, -0.15) is 0 Å². The molecule has 1 heterocycles. The normalized spacial score (nSPS) is 11.4. The molecule has 0 bridgehead atoms. The molecule has 3 aromatic carbocycles. The number of aryl methyl sites for hydroxylation is 3. The Morgan fingerprint density at radius 3 is 2.35 bits per heavy atom. The molecule has 0 spiro atoms. The van der Waals surface area contributed by atoms with Gasteiger partial charge in [0.15, 0.2) is 0 Å². The van der Waals surface area contributed by atoms with E-state index in [4.69, 9.17) is 4.98 Å². The van der Waals surface area contributed by atoms with Gasteiger partial charge in [-0.05, 0) is 85.7 Å². The van der Waals surface area contributed by atoms with Crippen LogP contribution in [0.5, 0.6) is 0 Å². The van der Waals surface area contributed by atoms with E-state index in [0.29, 0.717) is 6.54 Å². The van der Waals surface area contributed by atoms with Crippen molar-refractivity contribution in [1.29, 1.82) is 0 Å². The topological polar surface area (TPSA) is 46.9 Å². The Morgan fingerprint density at radius 1 is 0.941 bits per heavy atom. The van der Waals surface area contributed by atoms with Crippen LogP contribution in [0.2, 0.25) is 0 Å². The van der Waals surface area contributed by atoms with Crippen LogP contribution >= 0.6 is 0 Å². The highest BCUT2D eigenvalue weighted by Crippen LogP contribution is 2.25. The summed E-state index contributed by atoms with van der Waals surface area (Å²) >= 11 is 0. The predicted octanol–water partition coefficient (Wildman–Crippen LogP) is 6.08. The fourth-order valence-electron chi connectivity index (χ4n) is 4.44. The summed E-state index contributed by atoms with van der Waals surface area (Å²) in [6.07, 6.45) is 5.07. The Balaban J connectivity index is 1.47. The first-order chi connectivity index (χ1) is 16.4. The van der Waals surface area contributed by atoms with E-state index in [1.807, 2.05) is 42.5 Å². The minimum absolute atomic E-state index is 0.0705. The average Bonchev–Trinajstić information content (AvgIpc) is 3.19. The first-order valence-electron chi connectivity index (χ1n) is 12.0. The van der Waals surface area contributed by atoms with Gasteiger partial charge in [0.25, 0.3) is 0 Å². The molecule has 1 aromatic heterocycles. The van der Waals surface area contributed by atoms with Crippen LogP contribution in [0.3, 0.4) is 0 Å². The van der Waals surface area contributed by atoms with Gasteiger partial charge in [-0.3, -0.25) is 4.79 Å². The van der Waals surface area contributed by atoms with Crippen LogP contribution in [0.4, 0.5) is 0 Å². The number of hydrogen-bond donors (Lipinski definition) is 1. The molecule has 4 aromatic rings. The molecule has 0 aliphatic carbocycles. The van der Waals surface area contributed by atoms with E-state index in [2.05, 4.69) is 61.8 Å². The monoisotopic (exact) mass is 451 g/mol. The van der Waals surface area contributed by atoms with Crippen molar-refractivity contribution in [2.45, 2.75) is 47.1 Å². The lowest BCUT2D eigenvalue weighted by molar-refractivity contribution is -0.116. The van der Waals surface area contributed by atoms with Gasteiger partial charge in [-0.25, -0.2) is 4.98 Å². The Morgan fingerprint density at radius 2 is 1.62 bits per heavy atom. The summed E-state index contributed by atoms with van der Waals surface area (Å²) < 4.78 is 2.35. The van der Waals surface area contributed by atoms with Crippen LogP contribution in [0.1, 0.15) is 45.6 Å². The van der Waals surface area contributed by atoms with Crippen molar-refractivity contribution < 1.29 is 4.79 Å². The lowest BCUT2D eigenvalue weighted by Gasteiger charge is -2.18. The molecule has 0 saturated carbocycles. The summed E-state index contributed by atoms with van der Waals surface area (Å²) in [5, 5.41) is 3.00. The van der Waals surface area contributed by atoms with Crippen LogP contribution in [-0.4, -0.2) is 22.0 Å². The number of nitrogens with one attached hydrogen (secondary N) is 1. The Kier molecular flexibility index (Phi) is 7.27. The summed E-state index contributed by atoms with van der Waals surface area (Å²) in [7, 11) is 0.